The summed E-state index contributed by atoms with van der Waals surface area (Å²) in [6.45, 7) is 5.06. The number of rotatable bonds is 10. The maximum Gasteiger partial charge on any atom is 0.410 e. The van der Waals surface area contributed by atoms with Crippen LogP contribution in [-0.4, -0.2) is 30.9 Å². The van der Waals surface area contributed by atoms with Gasteiger partial charge in [0.1, 0.15) is 6.61 Å². The number of alkyl carbamates (subject to hydrolysis) is 1. The van der Waals surface area contributed by atoms with Crippen LogP contribution >= 0.6 is 11.6 Å². The van der Waals surface area contributed by atoms with Gasteiger partial charge in [-0.05, 0) is 23.3 Å². The zero-order valence-corrected chi connectivity index (χ0v) is 19.1. The first kappa shape index (κ1) is 25.2. The van der Waals surface area contributed by atoms with Crippen LogP contribution in [0.5, 0.6) is 0 Å². The molecule has 0 aliphatic carbocycles. The third-order valence-electron chi connectivity index (χ3n) is 4.54. The normalized spacial score (nSPS) is 12.5. The van der Waals surface area contributed by atoms with E-state index in [0.717, 1.165) is 11.1 Å². The van der Waals surface area contributed by atoms with Crippen molar-refractivity contribution in [3.63, 3.8) is 0 Å². The van der Waals surface area contributed by atoms with Gasteiger partial charge in [-0.15, -0.1) is 0 Å². The molecular weight excluding hydrogens is 434 g/mol. The largest absolute Gasteiger partial charge is 0.461 e. The molecule has 2 aromatic carbocycles. The molecule has 0 aliphatic rings. The summed E-state index contributed by atoms with van der Waals surface area (Å²) >= 11 is 5.97. The summed E-state index contributed by atoms with van der Waals surface area (Å²) in [4.78, 5) is 35.9. The highest BCUT2D eigenvalue weighted by molar-refractivity contribution is 6.30. The van der Waals surface area contributed by atoms with Gasteiger partial charge in [-0.25, -0.2) is 4.79 Å². The summed E-state index contributed by atoms with van der Waals surface area (Å²) in [7, 11) is 0. The molecule has 0 aliphatic heterocycles. The molecule has 0 bridgehead atoms. The molecule has 2 aromatic rings. The van der Waals surface area contributed by atoms with Crippen LogP contribution in [0.1, 0.15) is 44.2 Å². The van der Waals surface area contributed by atoms with Crippen LogP contribution < -0.4 is 5.32 Å². The van der Waals surface area contributed by atoms with Crippen LogP contribution in [0.3, 0.4) is 0 Å². The van der Waals surface area contributed by atoms with Crippen molar-refractivity contribution < 1.29 is 28.6 Å². The van der Waals surface area contributed by atoms with E-state index in [1.807, 2.05) is 30.3 Å². The van der Waals surface area contributed by atoms with E-state index in [0.29, 0.717) is 5.02 Å². The first-order valence-corrected chi connectivity index (χ1v) is 10.7. The fraction of sp³-hybridized carbons (Fsp3) is 0.375. The summed E-state index contributed by atoms with van der Waals surface area (Å²) < 4.78 is 15.6. The van der Waals surface area contributed by atoms with E-state index >= 15 is 0 Å². The number of nitrogens with one attached hydrogen (secondary N) is 1. The molecular formula is C24H28ClNO6. The summed E-state index contributed by atoms with van der Waals surface area (Å²) in [5, 5.41) is 3.20. The molecule has 2 unspecified atom stereocenters. The van der Waals surface area contributed by atoms with Gasteiger partial charge in [0.05, 0.1) is 6.42 Å². The quantitative estimate of drug-likeness (QED) is 0.402. The Morgan fingerprint density at radius 2 is 1.62 bits per heavy atom. The Kier molecular flexibility index (Phi) is 10.0. The minimum Gasteiger partial charge on any atom is -0.461 e. The molecule has 7 nitrogen and oxygen atoms in total. The maximum absolute atomic E-state index is 12.5. The standard InChI is InChI=1S/C24H28ClNO6/c1-16(2)23(31-17(3)27)32-24(29)26-14-20(19-9-11-21(25)12-10-19)13-22(28)30-15-18-7-5-4-6-8-18/h4-12,16,20,23H,13-15H2,1-3H3,(H,26,29). The topological polar surface area (TPSA) is 90.9 Å². The van der Waals surface area contributed by atoms with Gasteiger partial charge in [0.15, 0.2) is 0 Å². The third-order valence-corrected chi connectivity index (χ3v) is 4.79. The second-order valence-corrected chi connectivity index (χ2v) is 8.04. The van der Waals surface area contributed by atoms with Crippen molar-refractivity contribution >= 4 is 29.6 Å². The molecule has 0 fully saturated rings. The number of carbonyl (C=O) groups is 3. The lowest BCUT2D eigenvalue weighted by molar-refractivity contribution is -0.172. The number of amides is 1. The lowest BCUT2D eigenvalue weighted by Gasteiger charge is -2.22. The molecule has 0 radical (unpaired) electrons. The van der Waals surface area contributed by atoms with Crippen LogP contribution in [0.25, 0.3) is 0 Å². The van der Waals surface area contributed by atoms with E-state index in [4.69, 9.17) is 25.8 Å². The highest BCUT2D eigenvalue weighted by atomic mass is 35.5. The van der Waals surface area contributed by atoms with E-state index in [2.05, 4.69) is 5.32 Å². The first-order chi connectivity index (χ1) is 15.2. The number of benzene rings is 2. The monoisotopic (exact) mass is 461 g/mol. The predicted octanol–water partition coefficient (Wildman–Crippen LogP) is 4.83. The number of halogens is 1. The van der Waals surface area contributed by atoms with Gasteiger partial charge in [-0.3, -0.25) is 9.59 Å². The van der Waals surface area contributed by atoms with Gasteiger partial charge < -0.3 is 19.5 Å². The summed E-state index contributed by atoms with van der Waals surface area (Å²) in [6.07, 6.45) is -1.70. The Morgan fingerprint density at radius 3 is 2.22 bits per heavy atom. The number of ether oxygens (including phenoxy) is 3. The predicted molar refractivity (Wildman–Crippen MR) is 120 cm³/mol. The summed E-state index contributed by atoms with van der Waals surface area (Å²) in [6, 6.07) is 16.4. The maximum atomic E-state index is 12.5. The molecule has 1 amide bonds. The Hall–Kier alpha value is -3.06. The van der Waals surface area contributed by atoms with E-state index in [1.54, 1.807) is 38.1 Å². The number of esters is 2. The van der Waals surface area contributed by atoms with Crippen molar-refractivity contribution in [3.8, 4) is 0 Å². The van der Waals surface area contributed by atoms with Gasteiger partial charge >= 0.3 is 18.0 Å². The van der Waals surface area contributed by atoms with E-state index < -0.39 is 24.3 Å². The van der Waals surface area contributed by atoms with Gasteiger partial charge in [0.2, 0.25) is 0 Å². The molecule has 8 heteroatoms. The second kappa shape index (κ2) is 12.7. The lowest BCUT2D eigenvalue weighted by atomic mass is 9.95. The van der Waals surface area contributed by atoms with Gasteiger partial charge in [0, 0.05) is 30.3 Å². The van der Waals surface area contributed by atoms with Crippen LogP contribution in [0, 0.1) is 5.92 Å². The zero-order chi connectivity index (χ0) is 23.5. The average molecular weight is 462 g/mol. The average Bonchev–Trinajstić information content (AvgIpc) is 2.75. The van der Waals surface area contributed by atoms with Gasteiger partial charge in [-0.1, -0.05) is 67.9 Å². The first-order valence-electron chi connectivity index (χ1n) is 10.3. The molecule has 0 saturated heterocycles. The van der Waals surface area contributed by atoms with Crippen molar-refractivity contribution in [2.24, 2.45) is 5.92 Å². The smallest absolute Gasteiger partial charge is 0.410 e. The molecule has 1 N–H and O–H groups in total. The third kappa shape index (κ3) is 8.98. The fourth-order valence-corrected chi connectivity index (χ4v) is 2.98. The van der Waals surface area contributed by atoms with Crippen molar-refractivity contribution in [2.75, 3.05) is 6.54 Å². The molecule has 0 spiro atoms. The van der Waals surface area contributed by atoms with Gasteiger partial charge in [0.25, 0.3) is 6.29 Å². The van der Waals surface area contributed by atoms with E-state index in [1.165, 1.54) is 6.92 Å². The molecule has 0 aromatic heterocycles. The van der Waals surface area contributed by atoms with E-state index in [-0.39, 0.29) is 31.4 Å². The van der Waals surface area contributed by atoms with Crippen molar-refractivity contribution in [2.45, 2.75) is 46.0 Å². The minimum absolute atomic E-state index is 0.0479. The Morgan fingerprint density at radius 1 is 0.969 bits per heavy atom. The molecule has 2 rings (SSSR count). The summed E-state index contributed by atoms with van der Waals surface area (Å²) in [5.74, 6) is -1.53. The zero-order valence-electron chi connectivity index (χ0n) is 18.4. The van der Waals surface area contributed by atoms with Crippen LogP contribution in [0.2, 0.25) is 5.02 Å². The van der Waals surface area contributed by atoms with Gasteiger partial charge in [-0.2, -0.15) is 0 Å². The Balaban J connectivity index is 1.98. The number of hydrogen-bond acceptors (Lipinski definition) is 6. The van der Waals surface area contributed by atoms with Crippen molar-refractivity contribution in [1.82, 2.24) is 5.32 Å². The number of hydrogen-bond donors (Lipinski definition) is 1. The highest BCUT2D eigenvalue weighted by Crippen LogP contribution is 2.22. The Labute approximate surface area is 193 Å². The lowest BCUT2D eigenvalue weighted by Crippen LogP contribution is -2.36. The van der Waals surface area contributed by atoms with Crippen LogP contribution in [-0.2, 0) is 30.4 Å². The fourth-order valence-electron chi connectivity index (χ4n) is 2.85. The molecule has 0 heterocycles. The summed E-state index contributed by atoms with van der Waals surface area (Å²) in [5.41, 5.74) is 1.70. The minimum atomic E-state index is -1.00. The molecule has 32 heavy (non-hydrogen) atoms. The van der Waals surface area contributed by atoms with Crippen LogP contribution in [0.4, 0.5) is 4.79 Å². The van der Waals surface area contributed by atoms with Crippen LogP contribution in [0.15, 0.2) is 54.6 Å². The van der Waals surface area contributed by atoms with E-state index in [9.17, 15) is 14.4 Å². The molecule has 0 saturated carbocycles. The van der Waals surface area contributed by atoms with Crippen molar-refractivity contribution in [1.29, 1.82) is 0 Å². The second-order valence-electron chi connectivity index (χ2n) is 7.61. The molecule has 2 atom stereocenters. The Bertz CT molecular complexity index is 885. The van der Waals surface area contributed by atoms with Crippen molar-refractivity contribution in [3.05, 3.63) is 70.7 Å². The highest BCUT2D eigenvalue weighted by Gasteiger charge is 2.23. The number of carbonyl (C=O) groups excluding carboxylic acids is 3. The SMILES string of the molecule is CC(=O)OC(OC(=O)NCC(CC(=O)OCc1ccccc1)c1ccc(Cl)cc1)C(C)C. The molecule has 172 valence electrons.